The zero-order valence-electron chi connectivity index (χ0n) is 17.2. The van der Waals surface area contributed by atoms with E-state index in [1.807, 2.05) is 6.07 Å². The first-order valence-corrected chi connectivity index (χ1v) is 9.91. The zero-order chi connectivity index (χ0) is 21.5. The minimum absolute atomic E-state index is 0.0309. The first-order chi connectivity index (χ1) is 14.2. The standard InChI is InChI=1S/C23H25NO6/c1-22(2,3)30-21(26)24-18-12-8-7-11-17(18)23(27)13-16(29-20(23)24)14-28-19(25)15-9-5-4-6-10-15/h4-12,16,20,27H,13-14H2,1-3H3/t16-,20-,23+/m0/s1. The van der Waals surface area contributed by atoms with Crippen molar-refractivity contribution in [3.8, 4) is 0 Å². The van der Waals surface area contributed by atoms with E-state index in [1.165, 1.54) is 4.90 Å². The van der Waals surface area contributed by atoms with Gasteiger partial charge in [0.1, 0.15) is 17.8 Å². The molecule has 0 radical (unpaired) electrons. The molecule has 1 N–H and O–H groups in total. The number of hydrogen-bond acceptors (Lipinski definition) is 6. The van der Waals surface area contributed by atoms with Crippen LogP contribution in [0.5, 0.6) is 0 Å². The molecule has 0 bridgehead atoms. The number of ether oxygens (including phenoxy) is 3. The monoisotopic (exact) mass is 411 g/mol. The highest BCUT2D eigenvalue weighted by molar-refractivity contribution is 5.92. The van der Waals surface area contributed by atoms with Gasteiger partial charge in [-0.05, 0) is 39.0 Å². The van der Waals surface area contributed by atoms with E-state index in [9.17, 15) is 14.7 Å². The minimum Gasteiger partial charge on any atom is -0.459 e. The quantitative estimate of drug-likeness (QED) is 0.777. The number of rotatable bonds is 3. The minimum atomic E-state index is -1.41. The molecule has 0 saturated carbocycles. The van der Waals surface area contributed by atoms with Crippen molar-refractivity contribution in [1.82, 2.24) is 0 Å². The summed E-state index contributed by atoms with van der Waals surface area (Å²) in [6, 6.07) is 15.8. The van der Waals surface area contributed by atoms with Gasteiger partial charge in [-0.3, -0.25) is 0 Å². The molecule has 4 rings (SSSR count). The lowest BCUT2D eigenvalue weighted by Gasteiger charge is -2.29. The van der Waals surface area contributed by atoms with Gasteiger partial charge in [-0.1, -0.05) is 36.4 Å². The maximum Gasteiger partial charge on any atom is 0.417 e. The van der Waals surface area contributed by atoms with Crippen LogP contribution in [0.15, 0.2) is 54.6 Å². The summed E-state index contributed by atoms with van der Waals surface area (Å²) in [4.78, 5) is 26.5. The van der Waals surface area contributed by atoms with Gasteiger partial charge in [-0.2, -0.15) is 0 Å². The van der Waals surface area contributed by atoms with Crippen molar-refractivity contribution >= 4 is 17.7 Å². The highest BCUT2D eigenvalue weighted by Crippen LogP contribution is 2.51. The van der Waals surface area contributed by atoms with Gasteiger partial charge < -0.3 is 19.3 Å². The van der Waals surface area contributed by atoms with Gasteiger partial charge in [0.05, 0.1) is 17.4 Å². The van der Waals surface area contributed by atoms with Crippen LogP contribution in [0.1, 0.15) is 43.1 Å². The maximum atomic E-state index is 12.9. The highest BCUT2D eigenvalue weighted by atomic mass is 16.6. The van der Waals surface area contributed by atoms with Crippen molar-refractivity contribution in [2.45, 2.75) is 50.7 Å². The number of carbonyl (C=O) groups excluding carboxylic acids is 2. The third-order valence-electron chi connectivity index (χ3n) is 5.13. The second-order valence-corrected chi connectivity index (χ2v) is 8.57. The third-order valence-corrected chi connectivity index (χ3v) is 5.13. The predicted molar refractivity (Wildman–Crippen MR) is 109 cm³/mol. The lowest BCUT2D eigenvalue weighted by molar-refractivity contribution is -0.0526. The molecule has 0 aromatic heterocycles. The molecule has 2 aliphatic rings. The van der Waals surface area contributed by atoms with E-state index >= 15 is 0 Å². The Morgan fingerprint density at radius 1 is 1.13 bits per heavy atom. The molecule has 2 aromatic rings. The second-order valence-electron chi connectivity index (χ2n) is 8.57. The fourth-order valence-electron chi connectivity index (χ4n) is 3.91. The van der Waals surface area contributed by atoms with Gasteiger partial charge in [-0.25, -0.2) is 14.5 Å². The zero-order valence-corrected chi connectivity index (χ0v) is 17.2. The number of benzene rings is 2. The molecule has 7 heteroatoms. The molecule has 7 nitrogen and oxygen atoms in total. The second kappa shape index (κ2) is 7.41. The van der Waals surface area contributed by atoms with E-state index in [1.54, 1.807) is 69.3 Å². The van der Waals surface area contributed by atoms with Crippen LogP contribution in [0.3, 0.4) is 0 Å². The fraction of sp³-hybridized carbons (Fsp3) is 0.391. The molecule has 30 heavy (non-hydrogen) atoms. The number of hydrogen-bond donors (Lipinski definition) is 1. The van der Waals surface area contributed by atoms with Crippen molar-refractivity contribution < 1.29 is 28.9 Å². The van der Waals surface area contributed by atoms with Crippen LogP contribution in [-0.2, 0) is 19.8 Å². The van der Waals surface area contributed by atoms with Crippen LogP contribution in [0.25, 0.3) is 0 Å². The highest BCUT2D eigenvalue weighted by Gasteiger charge is 2.59. The number of aliphatic hydroxyl groups is 1. The number of fused-ring (bicyclic) bond motifs is 3. The molecule has 2 heterocycles. The lowest BCUT2D eigenvalue weighted by atomic mass is 9.91. The Balaban J connectivity index is 1.53. The number of carbonyl (C=O) groups is 2. The van der Waals surface area contributed by atoms with Gasteiger partial charge in [0, 0.05) is 12.0 Å². The summed E-state index contributed by atoms with van der Waals surface area (Å²) in [6.45, 7) is 5.30. The van der Waals surface area contributed by atoms with Gasteiger partial charge in [0.15, 0.2) is 6.23 Å². The molecule has 2 aromatic carbocycles. The van der Waals surface area contributed by atoms with Crippen LogP contribution in [0.2, 0.25) is 0 Å². The summed E-state index contributed by atoms with van der Waals surface area (Å²) in [5, 5.41) is 11.4. The molecule has 0 unspecified atom stereocenters. The smallest absolute Gasteiger partial charge is 0.417 e. The van der Waals surface area contributed by atoms with E-state index < -0.39 is 35.6 Å². The molecular formula is C23H25NO6. The van der Waals surface area contributed by atoms with Crippen molar-refractivity contribution in [1.29, 1.82) is 0 Å². The first kappa shape index (κ1) is 20.4. The Bertz CT molecular complexity index is 954. The van der Waals surface area contributed by atoms with Crippen molar-refractivity contribution in [3.05, 3.63) is 65.7 Å². The molecule has 1 amide bonds. The fourth-order valence-corrected chi connectivity index (χ4v) is 3.91. The molecule has 0 aliphatic carbocycles. The largest absolute Gasteiger partial charge is 0.459 e. The number of anilines is 1. The van der Waals surface area contributed by atoms with Gasteiger partial charge >= 0.3 is 12.1 Å². The SMILES string of the molecule is CC(C)(C)OC(=O)N1c2ccccc2[C@]2(O)C[C@@H](COC(=O)c3ccccc3)O[C@H]12. The Labute approximate surface area is 175 Å². The van der Waals surface area contributed by atoms with Crippen LogP contribution in [0, 0.1) is 0 Å². The molecule has 158 valence electrons. The molecule has 1 saturated heterocycles. The average molecular weight is 411 g/mol. The van der Waals surface area contributed by atoms with E-state index in [2.05, 4.69) is 0 Å². The predicted octanol–water partition coefficient (Wildman–Crippen LogP) is 3.60. The molecule has 2 aliphatic heterocycles. The Hall–Kier alpha value is -2.90. The van der Waals surface area contributed by atoms with Crippen LogP contribution < -0.4 is 4.90 Å². The van der Waals surface area contributed by atoms with Gasteiger partial charge in [0.25, 0.3) is 0 Å². The normalized spacial score (nSPS) is 24.9. The van der Waals surface area contributed by atoms with E-state index in [-0.39, 0.29) is 13.0 Å². The van der Waals surface area contributed by atoms with Crippen molar-refractivity contribution in [2.24, 2.45) is 0 Å². The summed E-state index contributed by atoms with van der Waals surface area (Å²) >= 11 is 0. The molecular weight excluding hydrogens is 386 g/mol. The van der Waals surface area contributed by atoms with Gasteiger partial charge in [-0.15, -0.1) is 0 Å². The number of nitrogens with zero attached hydrogens (tertiary/aromatic N) is 1. The average Bonchev–Trinajstić information content (AvgIpc) is 3.14. The summed E-state index contributed by atoms with van der Waals surface area (Å²) in [7, 11) is 0. The molecule has 3 atom stereocenters. The topological polar surface area (TPSA) is 85.3 Å². The van der Waals surface area contributed by atoms with E-state index in [0.29, 0.717) is 16.8 Å². The van der Waals surface area contributed by atoms with E-state index in [4.69, 9.17) is 14.2 Å². The van der Waals surface area contributed by atoms with Gasteiger partial charge in [0.2, 0.25) is 0 Å². The Morgan fingerprint density at radius 3 is 2.50 bits per heavy atom. The van der Waals surface area contributed by atoms with Crippen molar-refractivity contribution in [2.75, 3.05) is 11.5 Å². The summed E-state index contributed by atoms with van der Waals surface area (Å²) < 4.78 is 16.9. The van der Waals surface area contributed by atoms with Crippen LogP contribution in [-0.4, -0.2) is 41.7 Å². The Morgan fingerprint density at radius 2 is 1.80 bits per heavy atom. The number of para-hydroxylation sites is 1. The third kappa shape index (κ3) is 3.66. The number of amides is 1. The first-order valence-electron chi connectivity index (χ1n) is 9.91. The molecule has 0 spiro atoms. The Kier molecular flexibility index (Phi) is 5.03. The van der Waals surface area contributed by atoms with Crippen LogP contribution in [0.4, 0.5) is 10.5 Å². The summed E-state index contributed by atoms with van der Waals surface area (Å²) in [5.74, 6) is -0.465. The van der Waals surface area contributed by atoms with Crippen molar-refractivity contribution in [3.63, 3.8) is 0 Å². The maximum absolute atomic E-state index is 12.9. The van der Waals surface area contributed by atoms with E-state index in [0.717, 1.165) is 0 Å². The van der Waals surface area contributed by atoms with Crippen LogP contribution >= 0.6 is 0 Å². The lowest BCUT2D eigenvalue weighted by Crippen LogP contribution is -2.47. The summed E-state index contributed by atoms with van der Waals surface area (Å²) in [6.07, 6.45) is -1.93. The molecule has 1 fully saturated rings. The number of esters is 1. The summed E-state index contributed by atoms with van der Waals surface area (Å²) in [5.41, 5.74) is -0.514.